The first-order chi connectivity index (χ1) is 8.60. The highest BCUT2D eigenvalue weighted by molar-refractivity contribution is 7.14. The molecule has 0 bridgehead atoms. The van der Waals surface area contributed by atoms with Crippen molar-refractivity contribution >= 4 is 23.2 Å². The molecule has 1 aromatic heterocycles. The summed E-state index contributed by atoms with van der Waals surface area (Å²) in [6.07, 6.45) is 3.11. The molecule has 0 saturated heterocycles. The Kier molecular flexibility index (Phi) is 4.01. The largest absolute Gasteiger partial charge is 0.480 e. The van der Waals surface area contributed by atoms with Crippen molar-refractivity contribution in [3.8, 4) is 0 Å². The van der Waals surface area contributed by atoms with Crippen molar-refractivity contribution in [2.75, 3.05) is 13.1 Å². The minimum Gasteiger partial charge on any atom is -0.480 e. The summed E-state index contributed by atoms with van der Waals surface area (Å²) >= 11 is 1.46. The molecule has 0 radical (unpaired) electrons. The van der Waals surface area contributed by atoms with E-state index in [4.69, 9.17) is 5.11 Å². The average molecular weight is 267 g/mol. The van der Waals surface area contributed by atoms with Crippen LogP contribution in [-0.4, -0.2) is 35.0 Å². The molecule has 0 unspecified atom stereocenters. The van der Waals surface area contributed by atoms with Crippen molar-refractivity contribution in [3.05, 3.63) is 21.9 Å². The van der Waals surface area contributed by atoms with E-state index in [9.17, 15) is 9.59 Å². The van der Waals surface area contributed by atoms with Crippen LogP contribution in [0.5, 0.6) is 0 Å². The molecule has 2 rings (SSSR count). The number of amides is 1. The molecule has 1 fully saturated rings. The number of thiophene rings is 1. The summed E-state index contributed by atoms with van der Waals surface area (Å²) in [6.45, 7) is 2.42. The van der Waals surface area contributed by atoms with Gasteiger partial charge in [0.05, 0.1) is 4.88 Å². The van der Waals surface area contributed by atoms with Crippen LogP contribution in [0.15, 0.2) is 12.1 Å². The van der Waals surface area contributed by atoms with Crippen LogP contribution in [0.2, 0.25) is 0 Å². The molecule has 4 nitrogen and oxygen atoms in total. The fourth-order valence-electron chi connectivity index (χ4n) is 1.83. The third-order valence-electron chi connectivity index (χ3n) is 3.01. The van der Waals surface area contributed by atoms with E-state index in [1.54, 1.807) is 6.07 Å². The zero-order chi connectivity index (χ0) is 13.1. The summed E-state index contributed by atoms with van der Waals surface area (Å²) in [6, 6.07) is 3.74. The highest BCUT2D eigenvalue weighted by Gasteiger charge is 2.28. The molecule has 0 atom stereocenters. The fraction of sp³-hybridized carbons (Fsp3) is 0.538. The summed E-state index contributed by atoms with van der Waals surface area (Å²) in [5.74, 6) is -0.593. The Bertz CT molecular complexity index is 451. The van der Waals surface area contributed by atoms with Gasteiger partial charge in [0.2, 0.25) is 0 Å². The van der Waals surface area contributed by atoms with Crippen LogP contribution in [0.25, 0.3) is 0 Å². The van der Waals surface area contributed by atoms with Crippen LogP contribution in [0.4, 0.5) is 0 Å². The van der Waals surface area contributed by atoms with Crippen LogP contribution in [-0.2, 0) is 11.2 Å². The number of carboxylic acids is 1. The smallest absolute Gasteiger partial charge is 0.323 e. The maximum absolute atomic E-state index is 12.2. The van der Waals surface area contributed by atoms with Crippen molar-refractivity contribution in [3.63, 3.8) is 0 Å². The van der Waals surface area contributed by atoms with Crippen LogP contribution < -0.4 is 0 Å². The molecule has 1 aromatic rings. The average Bonchev–Trinajstić information content (AvgIpc) is 3.01. The van der Waals surface area contributed by atoms with E-state index in [0.717, 1.165) is 24.1 Å². The van der Waals surface area contributed by atoms with Gasteiger partial charge in [0.1, 0.15) is 6.54 Å². The second kappa shape index (κ2) is 5.52. The monoisotopic (exact) mass is 267 g/mol. The van der Waals surface area contributed by atoms with Crippen LogP contribution in [0.3, 0.4) is 0 Å². The van der Waals surface area contributed by atoms with Crippen molar-refractivity contribution in [2.45, 2.75) is 26.2 Å². The molecule has 18 heavy (non-hydrogen) atoms. The number of carbonyl (C=O) groups is 2. The van der Waals surface area contributed by atoms with Gasteiger partial charge >= 0.3 is 5.97 Å². The van der Waals surface area contributed by atoms with Gasteiger partial charge in [-0.25, -0.2) is 0 Å². The van der Waals surface area contributed by atoms with Gasteiger partial charge in [0, 0.05) is 11.4 Å². The van der Waals surface area contributed by atoms with E-state index in [1.165, 1.54) is 16.2 Å². The highest BCUT2D eigenvalue weighted by atomic mass is 32.1. The summed E-state index contributed by atoms with van der Waals surface area (Å²) in [7, 11) is 0. The number of nitrogens with zero attached hydrogens (tertiary/aromatic N) is 1. The number of hydrogen-bond donors (Lipinski definition) is 1. The predicted molar refractivity (Wildman–Crippen MR) is 70.0 cm³/mol. The summed E-state index contributed by atoms with van der Waals surface area (Å²) in [5.41, 5.74) is 0. The van der Waals surface area contributed by atoms with E-state index >= 15 is 0 Å². The van der Waals surface area contributed by atoms with Crippen molar-refractivity contribution in [1.29, 1.82) is 0 Å². The van der Waals surface area contributed by atoms with Crippen LogP contribution in [0, 0.1) is 5.92 Å². The number of aryl methyl sites for hydroxylation is 1. The predicted octanol–water partition coefficient (Wildman–Crippen LogP) is 2.25. The lowest BCUT2D eigenvalue weighted by Gasteiger charge is -2.19. The normalized spacial score (nSPS) is 14.5. The summed E-state index contributed by atoms with van der Waals surface area (Å²) in [4.78, 5) is 26.3. The zero-order valence-corrected chi connectivity index (χ0v) is 11.2. The minimum absolute atomic E-state index is 0.144. The first-order valence-electron chi connectivity index (χ1n) is 6.20. The molecular weight excluding hydrogens is 250 g/mol. The van der Waals surface area contributed by atoms with Crippen molar-refractivity contribution < 1.29 is 14.7 Å². The lowest BCUT2D eigenvalue weighted by Crippen LogP contribution is -2.36. The second-order valence-electron chi connectivity index (χ2n) is 4.64. The molecule has 1 heterocycles. The van der Waals surface area contributed by atoms with Gasteiger partial charge in [-0.1, -0.05) is 6.92 Å². The second-order valence-corrected chi connectivity index (χ2v) is 5.81. The molecule has 0 aliphatic heterocycles. The first kappa shape index (κ1) is 13.1. The molecule has 0 spiro atoms. The molecule has 1 aliphatic carbocycles. The molecule has 1 saturated carbocycles. The van der Waals surface area contributed by atoms with E-state index in [2.05, 4.69) is 0 Å². The lowest BCUT2D eigenvalue weighted by molar-refractivity contribution is -0.137. The maximum Gasteiger partial charge on any atom is 0.323 e. The summed E-state index contributed by atoms with van der Waals surface area (Å²) in [5, 5.41) is 8.87. The number of carboxylic acid groups (broad SMARTS) is 1. The number of carbonyl (C=O) groups excluding carboxylic acids is 1. The van der Waals surface area contributed by atoms with Gasteiger partial charge in [0.15, 0.2) is 0 Å². The van der Waals surface area contributed by atoms with E-state index in [1.807, 2.05) is 13.0 Å². The zero-order valence-electron chi connectivity index (χ0n) is 10.4. The number of rotatable bonds is 6. The van der Waals surface area contributed by atoms with Gasteiger partial charge < -0.3 is 10.0 Å². The SMILES string of the molecule is CCc1ccc(C(=O)N(CC(=O)O)CC2CC2)s1. The molecule has 5 heteroatoms. The van der Waals surface area contributed by atoms with Crippen molar-refractivity contribution in [1.82, 2.24) is 4.90 Å². The van der Waals surface area contributed by atoms with E-state index in [0.29, 0.717) is 17.3 Å². The third kappa shape index (κ3) is 3.32. The Morgan fingerprint density at radius 1 is 1.44 bits per heavy atom. The maximum atomic E-state index is 12.2. The summed E-state index contributed by atoms with van der Waals surface area (Å²) < 4.78 is 0. The Labute approximate surface area is 110 Å². The van der Waals surface area contributed by atoms with Gasteiger partial charge in [0.25, 0.3) is 5.91 Å². The first-order valence-corrected chi connectivity index (χ1v) is 7.01. The topological polar surface area (TPSA) is 57.6 Å². The Balaban J connectivity index is 2.07. The lowest BCUT2D eigenvalue weighted by atomic mass is 10.3. The third-order valence-corrected chi connectivity index (χ3v) is 4.23. The standard InChI is InChI=1S/C13H17NO3S/c1-2-10-5-6-11(18-10)13(17)14(8-12(15)16)7-9-3-4-9/h5-6,9H,2-4,7-8H2,1H3,(H,15,16). The molecule has 98 valence electrons. The molecule has 1 N–H and O–H groups in total. The Hall–Kier alpha value is -1.36. The molecule has 0 aromatic carbocycles. The molecular formula is C13H17NO3S. The van der Waals surface area contributed by atoms with Crippen LogP contribution >= 0.6 is 11.3 Å². The molecule has 1 aliphatic rings. The van der Waals surface area contributed by atoms with Crippen molar-refractivity contribution in [2.24, 2.45) is 5.92 Å². The minimum atomic E-state index is -0.948. The van der Waals surface area contributed by atoms with E-state index < -0.39 is 5.97 Å². The quantitative estimate of drug-likeness (QED) is 0.860. The van der Waals surface area contributed by atoms with Gasteiger partial charge in [-0.3, -0.25) is 9.59 Å². The van der Waals surface area contributed by atoms with Gasteiger partial charge in [-0.15, -0.1) is 11.3 Å². The Morgan fingerprint density at radius 3 is 2.67 bits per heavy atom. The van der Waals surface area contributed by atoms with E-state index in [-0.39, 0.29) is 12.5 Å². The van der Waals surface area contributed by atoms with Gasteiger partial charge in [-0.2, -0.15) is 0 Å². The number of aliphatic carboxylic acids is 1. The fourth-order valence-corrected chi connectivity index (χ4v) is 2.75. The van der Waals surface area contributed by atoms with Gasteiger partial charge in [-0.05, 0) is 37.3 Å². The Morgan fingerprint density at radius 2 is 2.17 bits per heavy atom. The number of hydrogen-bond acceptors (Lipinski definition) is 3. The molecule has 1 amide bonds. The highest BCUT2D eigenvalue weighted by Crippen LogP contribution is 2.30. The van der Waals surface area contributed by atoms with Crippen LogP contribution in [0.1, 0.15) is 34.3 Å².